The number of allylic oxidation sites excluding steroid dienone is 3. The molecule has 2 atom stereocenters. The van der Waals surface area contributed by atoms with Crippen molar-refractivity contribution in [2.75, 3.05) is 0 Å². The SMILES string of the molecule is C=CC(C)C(C)C/C(N=C(C)F)=C(\N)C(C)=N. The number of rotatable bonds is 6. The molecule has 96 valence electrons. The standard InChI is InChI=1S/C13H22FN3/c1-6-8(2)9(3)7-12(17-11(5)14)13(16)10(4)15/h6,8-9,15H,1,7,16H2,2-5H3/b13-12+,15-10?,17-11?. The fraction of sp³-hybridized carbons (Fsp3) is 0.538. The summed E-state index contributed by atoms with van der Waals surface area (Å²) in [7, 11) is 0. The summed E-state index contributed by atoms with van der Waals surface area (Å²) in [5.74, 6) is 0.00473. The lowest BCUT2D eigenvalue weighted by Crippen LogP contribution is -2.14. The number of nitrogens with one attached hydrogen (secondary N) is 1. The lowest BCUT2D eigenvalue weighted by Gasteiger charge is -2.17. The average Bonchev–Trinajstić information content (AvgIpc) is 2.24. The van der Waals surface area contributed by atoms with Crippen molar-refractivity contribution in [2.24, 2.45) is 22.6 Å². The first-order valence-corrected chi connectivity index (χ1v) is 5.67. The van der Waals surface area contributed by atoms with Gasteiger partial charge in [0.25, 0.3) is 0 Å². The van der Waals surface area contributed by atoms with Crippen molar-refractivity contribution in [1.82, 2.24) is 0 Å². The maximum absolute atomic E-state index is 12.9. The van der Waals surface area contributed by atoms with Crippen molar-refractivity contribution >= 4 is 11.7 Å². The molecule has 0 saturated carbocycles. The molecular formula is C13H22FN3. The fourth-order valence-electron chi connectivity index (χ4n) is 1.34. The molecule has 0 bridgehead atoms. The maximum Gasteiger partial charge on any atom is 0.186 e. The molecule has 0 aromatic rings. The average molecular weight is 239 g/mol. The van der Waals surface area contributed by atoms with Crippen LogP contribution in [0.1, 0.15) is 34.1 Å². The fourth-order valence-corrected chi connectivity index (χ4v) is 1.34. The predicted octanol–water partition coefficient (Wildman–Crippen LogP) is 3.43. The van der Waals surface area contributed by atoms with E-state index in [0.29, 0.717) is 18.0 Å². The van der Waals surface area contributed by atoms with E-state index in [1.807, 2.05) is 19.9 Å². The van der Waals surface area contributed by atoms with Gasteiger partial charge < -0.3 is 11.1 Å². The largest absolute Gasteiger partial charge is 0.396 e. The number of aliphatic imine (C=N–C) groups is 1. The minimum absolute atomic E-state index is 0.212. The van der Waals surface area contributed by atoms with E-state index in [1.165, 1.54) is 6.92 Å². The topological polar surface area (TPSA) is 62.2 Å². The minimum atomic E-state index is -0.539. The molecule has 0 fully saturated rings. The first-order valence-electron chi connectivity index (χ1n) is 5.67. The molecule has 17 heavy (non-hydrogen) atoms. The van der Waals surface area contributed by atoms with E-state index in [2.05, 4.69) is 11.6 Å². The Hall–Kier alpha value is -1.45. The Kier molecular flexibility index (Phi) is 6.39. The zero-order valence-corrected chi connectivity index (χ0v) is 11.0. The number of hydrogen-bond acceptors (Lipinski definition) is 3. The molecule has 0 aromatic carbocycles. The van der Waals surface area contributed by atoms with Crippen LogP contribution in [0.15, 0.2) is 29.0 Å². The third-order valence-electron chi connectivity index (χ3n) is 2.79. The Morgan fingerprint density at radius 2 is 2.00 bits per heavy atom. The van der Waals surface area contributed by atoms with E-state index in [-0.39, 0.29) is 17.3 Å². The molecule has 3 N–H and O–H groups in total. The van der Waals surface area contributed by atoms with Crippen LogP contribution in [0.5, 0.6) is 0 Å². The molecule has 0 spiro atoms. The molecule has 0 saturated heterocycles. The molecule has 0 aliphatic heterocycles. The number of hydrogen-bond donors (Lipinski definition) is 2. The summed E-state index contributed by atoms with van der Waals surface area (Å²) in [5, 5.41) is 7.48. The first kappa shape index (κ1) is 15.6. The van der Waals surface area contributed by atoms with Gasteiger partial charge in [-0.25, -0.2) is 4.99 Å². The van der Waals surface area contributed by atoms with Gasteiger partial charge >= 0.3 is 0 Å². The summed E-state index contributed by atoms with van der Waals surface area (Å²) in [6.07, 6.45) is 2.39. The first-order chi connectivity index (χ1) is 7.79. The van der Waals surface area contributed by atoms with Crippen LogP contribution in [0.3, 0.4) is 0 Å². The predicted molar refractivity (Wildman–Crippen MR) is 72.0 cm³/mol. The molecule has 0 aliphatic rings. The molecule has 0 aliphatic carbocycles. The van der Waals surface area contributed by atoms with Crippen LogP contribution in [0, 0.1) is 17.2 Å². The molecule has 0 rings (SSSR count). The molecule has 0 amide bonds. The number of halogens is 1. The van der Waals surface area contributed by atoms with Gasteiger partial charge in [0.05, 0.1) is 17.1 Å². The van der Waals surface area contributed by atoms with Crippen molar-refractivity contribution in [2.45, 2.75) is 34.1 Å². The van der Waals surface area contributed by atoms with Crippen molar-refractivity contribution < 1.29 is 4.39 Å². The van der Waals surface area contributed by atoms with Gasteiger partial charge in [-0.2, -0.15) is 4.39 Å². The van der Waals surface area contributed by atoms with Gasteiger partial charge in [0.2, 0.25) is 0 Å². The minimum Gasteiger partial charge on any atom is -0.396 e. The van der Waals surface area contributed by atoms with Crippen molar-refractivity contribution in [3.63, 3.8) is 0 Å². The molecule has 3 nitrogen and oxygen atoms in total. The normalized spacial score (nSPS) is 17.1. The lowest BCUT2D eigenvalue weighted by atomic mass is 9.91. The lowest BCUT2D eigenvalue weighted by molar-refractivity contribution is 0.454. The highest BCUT2D eigenvalue weighted by atomic mass is 19.1. The van der Waals surface area contributed by atoms with Crippen LogP contribution in [-0.4, -0.2) is 11.7 Å². The van der Waals surface area contributed by atoms with Gasteiger partial charge in [-0.15, -0.1) is 6.58 Å². The van der Waals surface area contributed by atoms with Gasteiger partial charge in [-0.3, -0.25) is 0 Å². The van der Waals surface area contributed by atoms with E-state index in [9.17, 15) is 4.39 Å². The van der Waals surface area contributed by atoms with E-state index in [4.69, 9.17) is 11.1 Å². The molecule has 0 heterocycles. The zero-order chi connectivity index (χ0) is 13.6. The Bertz CT molecular complexity index is 352. The van der Waals surface area contributed by atoms with Gasteiger partial charge in [0, 0.05) is 6.92 Å². The Morgan fingerprint density at radius 1 is 1.47 bits per heavy atom. The van der Waals surface area contributed by atoms with Crippen LogP contribution in [0.2, 0.25) is 0 Å². The van der Waals surface area contributed by atoms with Crippen molar-refractivity contribution in [3.8, 4) is 0 Å². The molecule has 0 radical (unpaired) electrons. The number of nitrogens with two attached hydrogens (primary N) is 1. The highest BCUT2D eigenvalue weighted by Gasteiger charge is 2.14. The summed E-state index contributed by atoms with van der Waals surface area (Å²) in [6.45, 7) is 10.6. The zero-order valence-electron chi connectivity index (χ0n) is 11.0. The van der Waals surface area contributed by atoms with Gasteiger partial charge in [-0.05, 0) is 25.2 Å². The third kappa shape index (κ3) is 5.43. The van der Waals surface area contributed by atoms with Gasteiger partial charge in [0.15, 0.2) is 5.97 Å². The Labute approximate surface area is 103 Å². The smallest absolute Gasteiger partial charge is 0.186 e. The number of nitrogens with zero attached hydrogens (tertiary/aromatic N) is 1. The quantitative estimate of drug-likeness (QED) is 0.541. The second-order valence-corrected chi connectivity index (χ2v) is 4.37. The van der Waals surface area contributed by atoms with E-state index in [1.54, 1.807) is 6.92 Å². The third-order valence-corrected chi connectivity index (χ3v) is 2.79. The van der Waals surface area contributed by atoms with E-state index >= 15 is 0 Å². The van der Waals surface area contributed by atoms with Crippen LogP contribution in [0.25, 0.3) is 0 Å². The molecular weight excluding hydrogens is 217 g/mol. The van der Waals surface area contributed by atoms with Gasteiger partial charge in [-0.1, -0.05) is 19.9 Å². The summed E-state index contributed by atoms with van der Waals surface area (Å²) in [6, 6.07) is 0. The van der Waals surface area contributed by atoms with Crippen LogP contribution in [0.4, 0.5) is 4.39 Å². The van der Waals surface area contributed by atoms with Gasteiger partial charge in [0.1, 0.15) is 0 Å². The second-order valence-electron chi connectivity index (χ2n) is 4.37. The van der Waals surface area contributed by atoms with E-state index < -0.39 is 5.97 Å². The van der Waals surface area contributed by atoms with E-state index in [0.717, 1.165) is 0 Å². The van der Waals surface area contributed by atoms with Crippen molar-refractivity contribution in [3.05, 3.63) is 24.0 Å². The maximum atomic E-state index is 12.9. The summed E-state index contributed by atoms with van der Waals surface area (Å²) in [4.78, 5) is 3.78. The molecule has 2 unspecified atom stereocenters. The summed E-state index contributed by atoms with van der Waals surface area (Å²) in [5.41, 5.74) is 6.66. The molecule has 0 aromatic heterocycles. The van der Waals surface area contributed by atoms with Crippen LogP contribution in [-0.2, 0) is 0 Å². The Morgan fingerprint density at radius 3 is 2.35 bits per heavy atom. The van der Waals surface area contributed by atoms with Crippen LogP contribution < -0.4 is 5.73 Å². The monoisotopic (exact) mass is 239 g/mol. The highest BCUT2D eigenvalue weighted by molar-refractivity contribution is 5.95. The summed E-state index contributed by atoms with van der Waals surface area (Å²) < 4.78 is 12.9. The summed E-state index contributed by atoms with van der Waals surface area (Å²) >= 11 is 0. The molecule has 4 heteroatoms. The Balaban J connectivity index is 5.11. The second kappa shape index (κ2) is 6.99. The van der Waals surface area contributed by atoms with Crippen LogP contribution >= 0.6 is 0 Å². The van der Waals surface area contributed by atoms with Crippen molar-refractivity contribution in [1.29, 1.82) is 5.41 Å². The highest BCUT2D eigenvalue weighted by Crippen LogP contribution is 2.23.